The minimum Gasteiger partial charge on any atom is -0.497 e. The Kier molecular flexibility index (Phi) is 4.83. The first kappa shape index (κ1) is 14.2. The average Bonchev–Trinajstić information content (AvgIpc) is 2.48. The number of nitrogens with zero attached hydrogens (tertiary/aromatic N) is 1. The fourth-order valence-corrected chi connectivity index (χ4v) is 2.01. The van der Waals surface area contributed by atoms with Crippen molar-refractivity contribution in [2.75, 3.05) is 26.1 Å². The molecule has 20 heavy (non-hydrogen) atoms. The van der Waals surface area contributed by atoms with Gasteiger partial charge in [-0.25, -0.2) is 0 Å². The SMILES string of the molecule is COc1cccc(/C=C/Cc2ccc(N(C)C)cc2)c1. The second-order valence-corrected chi connectivity index (χ2v) is 4.94. The van der Waals surface area contributed by atoms with Crippen LogP contribution in [0.2, 0.25) is 0 Å². The summed E-state index contributed by atoms with van der Waals surface area (Å²) < 4.78 is 5.22. The van der Waals surface area contributed by atoms with Crippen LogP contribution in [0.4, 0.5) is 5.69 Å². The van der Waals surface area contributed by atoms with Crippen molar-refractivity contribution in [3.05, 3.63) is 65.7 Å². The molecule has 2 aromatic carbocycles. The van der Waals surface area contributed by atoms with Gasteiger partial charge in [0.25, 0.3) is 0 Å². The summed E-state index contributed by atoms with van der Waals surface area (Å²) in [6, 6.07) is 16.7. The molecule has 0 aliphatic heterocycles. The van der Waals surface area contributed by atoms with Crippen molar-refractivity contribution < 1.29 is 4.74 Å². The van der Waals surface area contributed by atoms with Gasteiger partial charge in [-0.3, -0.25) is 0 Å². The second kappa shape index (κ2) is 6.80. The fraction of sp³-hybridized carbons (Fsp3) is 0.222. The first-order chi connectivity index (χ1) is 9.69. The second-order valence-electron chi connectivity index (χ2n) is 4.94. The molecule has 0 unspecified atom stereocenters. The summed E-state index contributed by atoms with van der Waals surface area (Å²) in [4.78, 5) is 2.11. The number of benzene rings is 2. The highest BCUT2D eigenvalue weighted by molar-refractivity contribution is 5.52. The highest BCUT2D eigenvalue weighted by Gasteiger charge is 1.95. The minimum atomic E-state index is 0.891. The van der Waals surface area contributed by atoms with Gasteiger partial charge in [0.05, 0.1) is 7.11 Å². The van der Waals surface area contributed by atoms with Crippen LogP contribution in [0.1, 0.15) is 11.1 Å². The molecule has 2 heteroatoms. The molecule has 0 aliphatic rings. The van der Waals surface area contributed by atoms with Crippen LogP contribution in [-0.4, -0.2) is 21.2 Å². The molecule has 0 atom stereocenters. The third-order valence-electron chi connectivity index (χ3n) is 3.21. The van der Waals surface area contributed by atoms with Crippen molar-refractivity contribution in [1.29, 1.82) is 0 Å². The maximum Gasteiger partial charge on any atom is 0.119 e. The Bertz CT molecular complexity index is 570. The smallest absolute Gasteiger partial charge is 0.119 e. The van der Waals surface area contributed by atoms with Gasteiger partial charge in [0, 0.05) is 19.8 Å². The van der Waals surface area contributed by atoms with Crippen LogP contribution in [0.5, 0.6) is 5.75 Å². The normalized spacial score (nSPS) is 10.8. The third kappa shape index (κ3) is 3.89. The number of anilines is 1. The lowest BCUT2D eigenvalue weighted by molar-refractivity contribution is 0.414. The van der Waals surface area contributed by atoms with Crippen molar-refractivity contribution in [1.82, 2.24) is 0 Å². The molecule has 2 aromatic rings. The van der Waals surface area contributed by atoms with Crippen molar-refractivity contribution in [2.45, 2.75) is 6.42 Å². The van der Waals surface area contributed by atoms with E-state index in [1.54, 1.807) is 7.11 Å². The first-order valence-corrected chi connectivity index (χ1v) is 6.76. The molecule has 0 aliphatic carbocycles. The maximum absolute atomic E-state index is 5.22. The van der Waals surface area contributed by atoms with Gasteiger partial charge in [-0.05, 0) is 41.8 Å². The summed E-state index contributed by atoms with van der Waals surface area (Å²) in [5.41, 5.74) is 3.70. The lowest BCUT2D eigenvalue weighted by Gasteiger charge is -2.12. The van der Waals surface area contributed by atoms with Crippen molar-refractivity contribution in [3.63, 3.8) is 0 Å². The molecule has 0 fully saturated rings. The lowest BCUT2D eigenvalue weighted by Crippen LogP contribution is -2.08. The summed E-state index contributed by atoms with van der Waals surface area (Å²) in [6.07, 6.45) is 5.24. The van der Waals surface area contributed by atoms with Crippen LogP contribution < -0.4 is 9.64 Å². The quantitative estimate of drug-likeness (QED) is 0.811. The summed E-state index contributed by atoms with van der Waals surface area (Å²) in [7, 11) is 5.80. The molecule has 104 valence electrons. The fourth-order valence-electron chi connectivity index (χ4n) is 2.01. The zero-order valence-electron chi connectivity index (χ0n) is 12.3. The summed E-state index contributed by atoms with van der Waals surface area (Å²) >= 11 is 0. The summed E-state index contributed by atoms with van der Waals surface area (Å²) in [6.45, 7) is 0. The highest BCUT2D eigenvalue weighted by atomic mass is 16.5. The van der Waals surface area contributed by atoms with Crippen LogP contribution >= 0.6 is 0 Å². The van der Waals surface area contributed by atoms with Gasteiger partial charge in [0.15, 0.2) is 0 Å². The van der Waals surface area contributed by atoms with E-state index >= 15 is 0 Å². The van der Waals surface area contributed by atoms with Crippen LogP contribution in [0.25, 0.3) is 6.08 Å². The molecule has 0 heterocycles. The number of allylic oxidation sites excluding steroid dienone is 1. The van der Waals surface area contributed by atoms with Crippen molar-refractivity contribution in [2.24, 2.45) is 0 Å². The zero-order chi connectivity index (χ0) is 14.4. The Hall–Kier alpha value is -2.22. The average molecular weight is 267 g/mol. The van der Waals surface area contributed by atoms with Crippen LogP contribution in [-0.2, 0) is 6.42 Å². The van der Waals surface area contributed by atoms with Crippen LogP contribution in [0.3, 0.4) is 0 Å². The molecule has 2 nitrogen and oxygen atoms in total. The van der Waals surface area contributed by atoms with E-state index < -0.39 is 0 Å². The Labute approximate surface area is 121 Å². The minimum absolute atomic E-state index is 0.891. The van der Waals surface area contributed by atoms with Gasteiger partial charge < -0.3 is 9.64 Å². The molecule has 0 bridgehead atoms. The Morgan fingerprint density at radius 2 is 1.80 bits per heavy atom. The molecule has 0 saturated carbocycles. The molecular weight excluding hydrogens is 246 g/mol. The number of ether oxygens (including phenoxy) is 1. The molecule has 0 saturated heterocycles. The topological polar surface area (TPSA) is 12.5 Å². The van der Waals surface area contributed by atoms with Gasteiger partial charge in [-0.2, -0.15) is 0 Å². The van der Waals surface area contributed by atoms with Crippen LogP contribution in [0.15, 0.2) is 54.6 Å². The third-order valence-corrected chi connectivity index (χ3v) is 3.21. The van der Waals surface area contributed by atoms with E-state index in [9.17, 15) is 0 Å². The van der Waals surface area contributed by atoms with E-state index in [2.05, 4.69) is 61.5 Å². The molecular formula is C18H21NO. The van der Waals surface area contributed by atoms with Crippen molar-refractivity contribution in [3.8, 4) is 5.75 Å². The van der Waals surface area contributed by atoms with E-state index in [0.717, 1.165) is 17.7 Å². The number of rotatable bonds is 5. The highest BCUT2D eigenvalue weighted by Crippen LogP contribution is 2.15. The monoisotopic (exact) mass is 267 g/mol. The molecule has 0 N–H and O–H groups in total. The van der Waals surface area contributed by atoms with E-state index in [4.69, 9.17) is 4.74 Å². The van der Waals surface area contributed by atoms with Gasteiger partial charge in [0.2, 0.25) is 0 Å². The van der Waals surface area contributed by atoms with Gasteiger partial charge in [-0.15, -0.1) is 0 Å². The Balaban J connectivity index is 1.98. The molecule has 0 aromatic heterocycles. The van der Waals surface area contributed by atoms with Crippen LogP contribution in [0, 0.1) is 0 Å². The molecule has 0 radical (unpaired) electrons. The zero-order valence-corrected chi connectivity index (χ0v) is 12.3. The number of hydrogen-bond acceptors (Lipinski definition) is 2. The standard InChI is InChI=1S/C18H21NO/c1-19(2)17-12-10-15(11-13-17)6-4-7-16-8-5-9-18(14-16)20-3/h4-5,7-14H,6H2,1-3H3/b7-4+. The predicted octanol–water partition coefficient (Wildman–Crippen LogP) is 4.02. The Morgan fingerprint density at radius 3 is 2.45 bits per heavy atom. The Morgan fingerprint density at radius 1 is 1.05 bits per heavy atom. The van der Waals surface area contributed by atoms with E-state index in [0.29, 0.717) is 0 Å². The molecule has 0 amide bonds. The number of hydrogen-bond donors (Lipinski definition) is 0. The lowest BCUT2D eigenvalue weighted by atomic mass is 10.1. The largest absolute Gasteiger partial charge is 0.497 e. The number of methoxy groups -OCH3 is 1. The van der Waals surface area contributed by atoms with Gasteiger partial charge in [-0.1, -0.05) is 36.4 Å². The summed E-state index contributed by atoms with van der Waals surface area (Å²) in [5, 5.41) is 0. The van der Waals surface area contributed by atoms with E-state index in [1.807, 2.05) is 18.2 Å². The molecule has 0 spiro atoms. The van der Waals surface area contributed by atoms with Gasteiger partial charge in [0.1, 0.15) is 5.75 Å². The van der Waals surface area contributed by atoms with E-state index in [1.165, 1.54) is 11.3 Å². The first-order valence-electron chi connectivity index (χ1n) is 6.76. The predicted molar refractivity (Wildman–Crippen MR) is 86.5 cm³/mol. The van der Waals surface area contributed by atoms with Gasteiger partial charge >= 0.3 is 0 Å². The van der Waals surface area contributed by atoms with Crippen molar-refractivity contribution >= 4 is 11.8 Å². The summed E-state index contributed by atoms with van der Waals surface area (Å²) in [5.74, 6) is 0.891. The maximum atomic E-state index is 5.22. The van der Waals surface area contributed by atoms with E-state index in [-0.39, 0.29) is 0 Å². The molecule has 2 rings (SSSR count).